The molecule has 0 bridgehead atoms. The molecule has 26 heavy (non-hydrogen) atoms. The van der Waals surface area contributed by atoms with Gasteiger partial charge in [-0.05, 0) is 52.7 Å². The summed E-state index contributed by atoms with van der Waals surface area (Å²) < 4.78 is 2.19. The fourth-order valence-electron chi connectivity index (χ4n) is 2.89. The van der Waals surface area contributed by atoms with Crippen molar-refractivity contribution < 1.29 is 9.59 Å². The first-order chi connectivity index (χ1) is 12.6. The van der Waals surface area contributed by atoms with E-state index in [0.29, 0.717) is 24.1 Å². The summed E-state index contributed by atoms with van der Waals surface area (Å²) in [5.74, 6) is -0.271. The highest BCUT2D eigenvalue weighted by molar-refractivity contribution is 5.98. The number of para-hydroxylation sites is 1. The number of hydrogen-bond acceptors (Lipinski definition) is 5. The molecule has 2 aromatic carbocycles. The minimum absolute atomic E-state index is 0.0272. The summed E-state index contributed by atoms with van der Waals surface area (Å²) in [6, 6.07) is 14.0. The highest BCUT2D eigenvalue weighted by atomic mass is 16.2. The maximum Gasteiger partial charge on any atom is 0.368 e. The molecule has 0 saturated heterocycles. The van der Waals surface area contributed by atoms with Gasteiger partial charge in [-0.2, -0.15) is 9.36 Å². The van der Waals surface area contributed by atoms with Crippen molar-refractivity contribution in [1.82, 2.24) is 19.8 Å². The van der Waals surface area contributed by atoms with E-state index in [-0.39, 0.29) is 18.2 Å². The van der Waals surface area contributed by atoms with Crippen LogP contribution in [0.2, 0.25) is 0 Å². The third-order valence-corrected chi connectivity index (χ3v) is 4.26. The molecule has 1 aromatic heterocycles. The monoisotopic (exact) mass is 349 g/mol. The van der Waals surface area contributed by atoms with Crippen molar-refractivity contribution >= 4 is 17.4 Å². The number of aromatic nitrogens is 4. The van der Waals surface area contributed by atoms with Crippen molar-refractivity contribution in [3.63, 3.8) is 0 Å². The number of anilines is 1. The van der Waals surface area contributed by atoms with Crippen molar-refractivity contribution in [2.45, 2.75) is 19.4 Å². The molecular weight excluding hydrogens is 334 g/mol. The van der Waals surface area contributed by atoms with Gasteiger partial charge in [0, 0.05) is 17.7 Å². The van der Waals surface area contributed by atoms with E-state index < -0.39 is 5.69 Å². The molecule has 1 N–H and O–H groups in total. The fraction of sp³-hybridized carbons (Fsp3) is 0.167. The number of amides is 1. The molecule has 0 radical (unpaired) electrons. The lowest BCUT2D eigenvalue weighted by Gasteiger charge is -2.17. The minimum Gasteiger partial charge on any atom is -0.326 e. The van der Waals surface area contributed by atoms with Crippen molar-refractivity contribution in [3.05, 3.63) is 70.1 Å². The first-order valence-corrected chi connectivity index (χ1v) is 8.16. The first kappa shape index (κ1) is 15.9. The molecule has 2 heterocycles. The van der Waals surface area contributed by atoms with Gasteiger partial charge in [-0.1, -0.05) is 18.2 Å². The summed E-state index contributed by atoms with van der Waals surface area (Å²) in [5, 5.41) is 10.4. The number of carbonyl (C=O) groups is 2. The third-order valence-electron chi connectivity index (χ3n) is 4.26. The molecule has 3 aromatic rings. The number of aryl methyl sites for hydroxylation is 1. The molecule has 1 aliphatic rings. The van der Waals surface area contributed by atoms with Crippen LogP contribution in [0.5, 0.6) is 0 Å². The van der Waals surface area contributed by atoms with Crippen LogP contribution in [0.1, 0.15) is 22.3 Å². The lowest BCUT2D eigenvalue weighted by molar-refractivity contribution is -0.116. The Balaban J connectivity index is 1.57. The smallest absolute Gasteiger partial charge is 0.326 e. The molecule has 0 atom stereocenters. The van der Waals surface area contributed by atoms with Gasteiger partial charge in [-0.15, -0.1) is 0 Å². The van der Waals surface area contributed by atoms with E-state index in [1.807, 2.05) is 6.07 Å². The summed E-state index contributed by atoms with van der Waals surface area (Å²) in [6.45, 7) is -0.198. The normalized spacial score (nSPS) is 13.2. The fourth-order valence-corrected chi connectivity index (χ4v) is 2.89. The maximum absolute atomic E-state index is 12.5. The zero-order valence-corrected chi connectivity index (χ0v) is 13.8. The molecule has 0 spiro atoms. The Morgan fingerprint density at radius 2 is 1.85 bits per heavy atom. The number of ketones is 1. The predicted octanol–water partition coefficient (Wildman–Crippen LogP) is 1.20. The number of tetrazole rings is 1. The van der Waals surface area contributed by atoms with E-state index in [2.05, 4.69) is 15.7 Å². The zero-order chi connectivity index (χ0) is 18.1. The average molecular weight is 349 g/mol. The minimum atomic E-state index is -0.477. The van der Waals surface area contributed by atoms with Gasteiger partial charge in [0.25, 0.3) is 0 Å². The molecule has 8 heteroatoms. The molecule has 0 aliphatic carbocycles. The van der Waals surface area contributed by atoms with Crippen LogP contribution in [0.3, 0.4) is 0 Å². The van der Waals surface area contributed by atoms with Gasteiger partial charge < -0.3 is 5.32 Å². The van der Waals surface area contributed by atoms with Crippen LogP contribution < -0.4 is 11.0 Å². The van der Waals surface area contributed by atoms with Crippen LogP contribution in [0.4, 0.5) is 5.69 Å². The van der Waals surface area contributed by atoms with Gasteiger partial charge in [0.15, 0.2) is 5.78 Å². The van der Waals surface area contributed by atoms with Crippen LogP contribution in [-0.4, -0.2) is 31.5 Å². The number of Topliss-reactive ketones (excluding diaryl/α,β-unsaturated/α-hetero) is 1. The van der Waals surface area contributed by atoms with E-state index in [4.69, 9.17) is 0 Å². The van der Waals surface area contributed by atoms with Crippen LogP contribution in [0, 0.1) is 0 Å². The van der Waals surface area contributed by atoms with Gasteiger partial charge in [0.1, 0.15) is 6.54 Å². The molecule has 1 aliphatic heterocycles. The number of carbonyl (C=O) groups excluding carboxylic acids is 2. The summed E-state index contributed by atoms with van der Waals surface area (Å²) in [5.41, 5.74) is 2.22. The Bertz CT molecular complexity index is 1050. The molecule has 4 rings (SSSR count). The molecule has 130 valence electrons. The van der Waals surface area contributed by atoms with Gasteiger partial charge in [-0.3, -0.25) is 9.59 Å². The van der Waals surface area contributed by atoms with Crippen LogP contribution in [0.25, 0.3) is 5.69 Å². The lowest BCUT2D eigenvalue weighted by Crippen LogP contribution is -2.27. The van der Waals surface area contributed by atoms with Gasteiger partial charge in [-0.25, -0.2) is 4.79 Å². The van der Waals surface area contributed by atoms with E-state index in [1.165, 1.54) is 0 Å². The van der Waals surface area contributed by atoms with Crippen molar-refractivity contribution in [2.75, 3.05) is 5.32 Å². The highest BCUT2D eigenvalue weighted by Crippen LogP contribution is 2.23. The Morgan fingerprint density at radius 3 is 2.65 bits per heavy atom. The maximum atomic E-state index is 12.5. The number of benzene rings is 2. The third kappa shape index (κ3) is 2.92. The standard InChI is InChI=1S/C18H15N5O3/c24-16(13-6-8-15-12(10-13)7-9-17(25)19-15)11-22-18(26)23(21-20-22)14-4-2-1-3-5-14/h1-6,8,10H,7,9,11H2,(H,19,25). The number of rotatable bonds is 4. The van der Waals surface area contributed by atoms with E-state index >= 15 is 0 Å². The molecule has 8 nitrogen and oxygen atoms in total. The predicted molar refractivity (Wildman–Crippen MR) is 93.3 cm³/mol. The van der Waals surface area contributed by atoms with E-state index in [1.54, 1.807) is 42.5 Å². The van der Waals surface area contributed by atoms with Crippen LogP contribution in [-0.2, 0) is 17.8 Å². The van der Waals surface area contributed by atoms with Crippen molar-refractivity contribution in [3.8, 4) is 5.69 Å². The molecule has 0 saturated carbocycles. The van der Waals surface area contributed by atoms with Gasteiger partial charge in [0.2, 0.25) is 5.91 Å². The van der Waals surface area contributed by atoms with Gasteiger partial charge in [0.05, 0.1) is 5.69 Å². The first-order valence-electron chi connectivity index (χ1n) is 8.16. The summed E-state index contributed by atoms with van der Waals surface area (Å²) in [6.07, 6.45) is 0.988. The SMILES string of the molecule is O=C1CCc2cc(C(=O)Cn3nnn(-c4ccccc4)c3=O)ccc2N1. The van der Waals surface area contributed by atoms with Crippen LogP contribution in [0.15, 0.2) is 53.3 Å². The second-order valence-electron chi connectivity index (χ2n) is 6.01. The topological polar surface area (TPSA) is 98.9 Å². The molecular formula is C18H15N5O3. The van der Waals surface area contributed by atoms with Gasteiger partial charge >= 0.3 is 5.69 Å². The second kappa shape index (κ2) is 6.40. The Hall–Kier alpha value is -3.55. The summed E-state index contributed by atoms with van der Waals surface area (Å²) in [7, 11) is 0. The number of hydrogen-bond donors (Lipinski definition) is 1. The molecule has 0 unspecified atom stereocenters. The highest BCUT2D eigenvalue weighted by Gasteiger charge is 2.18. The molecule has 0 fully saturated rings. The Labute approximate surface area is 148 Å². The number of nitrogens with zero attached hydrogens (tertiary/aromatic N) is 4. The van der Waals surface area contributed by atoms with E-state index in [9.17, 15) is 14.4 Å². The Kier molecular flexibility index (Phi) is 3.92. The quantitative estimate of drug-likeness (QED) is 0.714. The zero-order valence-electron chi connectivity index (χ0n) is 13.8. The molecule has 1 amide bonds. The lowest BCUT2D eigenvalue weighted by atomic mass is 9.99. The summed E-state index contributed by atoms with van der Waals surface area (Å²) in [4.78, 5) is 36.4. The summed E-state index contributed by atoms with van der Waals surface area (Å²) >= 11 is 0. The number of fused-ring (bicyclic) bond motifs is 1. The van der Waals surface area contributed by atoms with E-state index in [0.717, 1.165) is 20.6 Å². The average Bonchev–Trinajstić information content (AvgIpc) is 3.02. The van der Waals surface area contributed by atoms with Crippen LogP contribution >= 0.6 is 0 Å². The Morgan fingerprint density at radius 1 is 1.04 bits per heavy atom. The largest absolute Gasteiger partial charge is 0.368 e. The second-order valence-corrected chi connectivity index (χ2v) is 6.01. The van der Waals surface area contributed by atoms with Crippen molar-refractivity contribution in [1.29, 1.82) is 0 Å². The number of nitrogens with one attached hydrogen (secondary N) is 1. The van der Waals surface area contributed by atoms with Crippen molar-refractivity contribution in [2.24, 2.45) is 0 Å².